The van der Waals surface area contributed by atoms with E-state index in [2.05, 4.69) is 0 Å². The zero-order valence-electron chi connectivity index (χ0n) is 11.1. The molecule has 1 N–H and O–H groups in total. The Morgan fingerprint density at radius 2 is 1.76 bits per heavy atom. The van der Waals surface area contributed by atoms with E-state index in [0.717, 1.165) is 5.56 Å². The van der Waals surface area contributed by atoms with Crippen LogP contribution in [-0.4, -0.2) is 22.6 Å². The number of thioether (sulfide) groups is 1. The standard InChI is InChI=1S/C16H13ClO3S/c17-14-6-4-12(5-7-14)15(18)10-21-9-11-2-1-3-13(8-11)16(19)20/h1-8H,9-10H2,(H,19,20). The van der Waals surface area contributed by atoms with Crippen molar-refractivity contribution in [3.05, 3.63) is 70.2 Å². The van der Waals surface area contributed by atoms with Crippen molar-refractivity contribution >= 4 is 35.1 Å². The average molecular weight is 321 g/mol. The van der Waals surface area contributed by atoms with Gasteiger partial charge in [0.1, 0.15) is 0 Å². The lowest BCUT2D eigenvalue weighted by Gasteiger charge is -2.03. The van der Waals surface area contributed by atoms with Gasteiger partial charge in [-0.3, -0.25) is 4.79 Å². The number of ketones is 1. The maximum atomic E-state index is 12.0. The van der Waals surface area contributed by atoms with Gasteiger partial charge in [-0.25, -0.2) is 4.79 Å². The van der Waals surface area contributed by atoms with Crippen LogP contribution in [0, 0.1) is 0 Å². The Bertz CT molecular complexity index is 653. The van der Waals surface area contributed by atoms with E-state index in [1.165, 1.54) is 11.8 Å². The van der Waals surface area contributed by atoms with Crippen LogP contribution >= 0.6 is 23.4 Å². The number of carboxylic acid groups (broad SMARTS) is 1. The van der Waals surface area contributed by atoms with E-state index in [1.807, 2.05) is 6.07 Å². The zero-order chi connectivity index (χ0) is 15.2. The highest BCUT2D eigenvalue weighted by Crippen LogP contribution is 2.17. The summed E-state index contributed by atoms with van der Waals surface area (Å²) >= 11 is 7.24. The van der Waals surface area contributed by atoms with E-state index in [4.69, 9.17) is 16.7 Å². The maximum absolute atomic E-state index is 12.0. The summed E-state index contributed by atoms with van der Waals surface area (Å²) in [6.45, 7) is 0. The quantitative estimate of drug-likeness (QED) is 0.812. The molecular weight excluding hydrogens is 308 g/mol. The predicted octanol–water partition coefficient (Wildman–Crippen LogP) is 4.15. The molecular formula is C16H13ClO3S. The SMILES string of the molecule is O=C(O)c1cccc(CSCC(=O)c2ccc(Cl)cc2)c1. The fourth-order valence-electron chi connectivity index (χ4n) is 1.77. The lowest BCUT2D eigenvalue weighted by Crippen LogP contribution is -2.02. The summed E-state index contributed by atoms with van der Waals surface area (Å²) in [6.07, 6.45) is 0. The first-order valence-electron chi connectivity index (χ1n) is 6.25. The summed E-state index contributed by atoms with van der Waals surface area (Å²) < 4.78 is 0. The second kappa shape index (κ2) is 7.29. The summed E-state index contributed by atoms with van der Waals surface area (Å²) in [7, 11) is 0. The van der Waals surface area contributed by atoms with Crippen LogP contribution in [0.15, 0.2) is 48.5 Å². The molecule has 0 unspecified atom stereocenters. The molecule has 5 heteroatoms. The number of halogens is 1. The third kappa shape index (κ3) is 4.62. The van der Waals surface area contributed by atoms with Crippen molar-refractivity contribution in [2.45, 2.75) is 5.75 Å². The van der Waals surface area contributed by atoms with Crippen molar-refractivity contribution in [1.82, 2.24) is 0 Å². The molecule has 0 radical (unpaired) electrons. The maximum Gasteiger partial charge on any atom is 0.335 e. The number of Topliss-reactive ketones (excluding diaryl/α,β-unsaturated/α-hetero) is 1. The fraction of sp³-hybridized carbons (Fsp3) is 0.125. The van der Waals surface area contributed by atoms with Crippen LogP contribution in [0.5, 0.6) is 0 Å². The molecule has 0 aliphatic rings. The summed E-state index contributed by atoms with van der Waals surface area (Å²) in [4.78, 5) is 22.8. The summed E-state index contributed by atoms with van der Waals surface area (Å²) in [5.74, 6) is 0.0319. The van der Waals surface area contributed by atoms with Crippen LogP contribution in [0.1, 0.15) is 26.3 Å². The Balaban J connectivity index is 1.89. The average Bonchev–Trinajstić information content (AvgIpc) is 2.48. The van der Waals surface area contributed by atoms with Gasteiger partial charge in [0.2, 0.25) is 0 Å². The van der Waals surface area contributed by atoms with Crippen molar-refractivity contribution in [3.63, 3.8) is 0 Å². The third-order valence-corrected chi connectivity index (χ3v) is 4.10. The molecule has 0 aliphatic heterocycles. The molecule has 2 rings (SSSR count). The smallest absolute Gasteiger partial charge is 0.335 e. The number of rotatable bonds is 6. The third-order valence-electron chi connectivity index (χ3n) is 2.84. The highest BCUT2D eigenvalue weighted by atomic mass is 35.5. The van der Waals surface area contributed by atoms with Gasteiger partial charge in [0.05, 0.1) is 11.3 Å². The number of aromatic carboxylic acids is 1. The van der Waals surface area contributed by atoms with Gasteiger partial charge in [0.25, 0.3) is 0 Å². The van der Waals surface area contributed by atoms with Crippen molar-refractivity contribution in [2.75, 3.05) is 5.75 Å². The van der Waals surface area contributed by atoms with E-state index < -0.39 is 5.97 Å². The van der Waals surface area contributed by atoms with Crippen LogP contribution in [0.25, 0.3) is 0 Å². The Kier molecular flexibility index (Phi) is 5.42. The molecule has 0 saturated heterocycles. The molecule has 108 valence electrons. The monoisotopic (exact) mass is 320 g/mol. The second-order valence-corrected chi connectivity index (χ2v) is 5.85. The van der Waals surface area contributed by atoms with Crippen molar-refractivity contribution in [2.24, 2.45) is 0 Å². The van der Waals surface area contributed by atoms with Crippen LogP contribution < -0.4 is 0 Å². The molecule has 2 aromatic carbocycles. The Morgan fingerprint density at radius 1 is 1.05 bits per heavy atom. The number of benzene rings is 2. The first-order valence-corrected chi connectivity index (χ1v) is 7.78. The van der Waals surface area contributed by atoms with Gasteiger partial charge in [-0.15, -0.1) is 11.8 Å². The van der Waals surface area contributed by atoms with Gasteiger partial charge < -0.3 is 5.11 Å². The number of carbonyl (C=O) groups is 2. The lowest BCUT2D eigenvalue weighted by molar-refractivity contribution is 0.0696. The van der Waals surface area contributed by atoms with E-state index in [0.29, 0.717) is 22.1 Å². The molecule has 0 aromatic heterocycles. The number of hydrogen-bond donors (Lipinski definition) is 1. The number of carbonyl (C=O) groups excluding carboxylic acids is 1. The van der Waals surface area contributed by atoms with Crippen LogP contribution in [0.2, 0.25) is 5.02 Å². The van der Waals surface area contributed by atoms with E-state index in [9.17, 15) is 9.59 Å². The van der Waals surface area contributed by atoms with Gasteiger partial charge in [0.15, 0.2) is 5.78 Å². The minimum absolute atomic E-state index is 0.0334. The van der Waals surface area contributed by atoms with Gasteiger partial charge in [-0.2, -0.15) is 0 Å². The number of hydrogen-bond acceptors (Lipinski definition) is 3. The van der Waals surface area contributed by atoms with E-state index >= 15 is 0 Å². The topological polar surface area (TPSA) is 54.4 Å². The molecule has 0 saturated carbocycles. The predicted molar refractivity (Wildman–Crippen MR) is 85.3 cm³/mol. The van der Waals surface area contributed by atoms with Crippen LogP contribution in [-0.2, 0) is 5.75 Å². The Hall–Kier alpha value is -1.78. The first kappa shape index (κ1) is 15.6. The molecule has 0 atom stereocenters. The van der Waals surface area contributed by atoms with Crippen molar-refractivity contribution in [3.8, 4) is 0 Å². The number of carboxylic acids is 1. The summed E-state index contributed by atoms with van der Waals surface area (Å²) in [5.41, 5.74) is 1.78. The molecule has 21 heavy (non-hydrogen) atoms. The highest BCUT2D eigenvalue weighted by Gasteiger charge is 2.07. The first-order chi connectivity index (χ1) is 10.1. The summed E-state index contributed by atoms with van der Waals surface area (Å²) in [5, 5.41) is 9.52. The molecule has 3 nitrogen and oxygen atoms in total. The van der Waals surface area contributed by atoms with Gasteiger partial charge in [-0.05, 0) is 42.0 Å². The normalized spacial score (nSPS) is 10.3. The highest BCUT2D eigenvalue weighted by molar-refractivity contribution is 7.99. The van der Waals surface area contributed by atoms with Crippen molar-refractivity contribution in [1.29, 1.82) is 0 Å². The zero-order valence-corrected chi connectivity index (χ0v) is 12.7. The fourth-order valence-corrected chi connectivity index (χ4v) is 2.77. The van der Waals surface area contributed by atoms with Gasteiger partial charge in [-0.1, -0.05) is 23.7 Å². The van der Waals surface area contributed by atoms with E-state index in [-0.39, 0.29) is 11.3 Å². The van der Waals surface area contributed by atoms with Crippen LogP contribution in [0.3, 0.4) is 0 Å². The lowest BCUT2D eigenvalue weighted by atomic mass is 10.1. The minimum Gasteiger partial charge on any atom is -0.478 e. The molecule has 0 spiro atoms. The molecule has 0 aliphatic carbocycles. The molecule has 0 fully saturated rings. The molecule has 0 heterocycles. The minimum atomic E-state index is -0.945. The van der Waals surface area contributed by atoms with Crippen molar-refractivity contribution < 1.29 is 14.7 Å². The van der Waals surface area contributed by atoms with Gasteiger partial charge in [0, 0.05) is 16.3 Å². The molecule has 2 aromatic rings. The van der Waals surface area contributed by atoms with Crippen LogP contribution in [0.4, 0.5) is 0 Å². The molecule has 0 bridgehead atoms. The van der Waals surface area contributed by atoms with E-state index in [1.54, 1.807) is 42.5 Å². The Labute approximate surface area is 131 Å². The second-order valence-electron chi connectivity index (χ2n) is 4.43. The Morgan fingerprint density at radius 3 is 2.43 bits per heavy atom. The van der Waals surface area contributed by atoms with Gasteiger partial charge >= 0.3 is 5.97 Å². The molecule has 0 amide bonds. The largest absolute Gasteiger partial charge is 0.478 e. The summed E-state index contributed by atoms with van der Waals surface area (Å²) in [6, 6.07) is 13.5.